The van der Waals surface area contributed by atoms with E-state index < -0.39 is 0 Å². The first kappa shape index (κ1) is 12.8. The van der Waals surface area contributed by atoms with Gasteiger partial charge < -0.3 is 5.73 Å². The largest absolute Gasteiger partial charge is 0.319 e. The Morgan fingerprint density at radius 1 is 1.53 bits per heavy atom. The predicted molar refractivity (Wildman–Crippen MR) is 77.8 cm³/mol. The highest BCUT2D eigenvalue weighted by Crippen LogP contribution is 2.37. The van der Waals surface area contributed by atoms with Crippen LogP contribution in [-0.2, 0) is 12.6 Å². The second-order valence-electron chi connectivity index (χ2n) is 5.72. The summed E-state index contributed by atoms with van der Waals surface area (Å²) in [6.07, 6.45) is 4.46. The third-order valence-corrected chi connectivity index (χ3v) is 4.85. The Labute approximate surface area is 117 Å². The Balaban J connectivity index is 1.97. The van der Waals surface area contributed by atoms with E-state index in [-0.39, 0.29) is 5.54 Å². The van der Waals surface area contributed by atoms with Crippen LogP contribution in [0.4, 0.5) is 0 Å². The van der Waals surface area contributed by atoms with Crippen LogP contribution >= 0.6 is 11.3 Å². The number of hydrogen-bond donors (Lipinski definition) is 1. The summed E-state index contributed by atoms with van der Waals surface area (Å²) in [7, 11) is 1.95. The molecule has 2 heterocycles. The summed E-state index contributed by atoms with van der Waals surface area (Å²) in [6, 6.07) is 4.08. The van der Waals surface area contributed by atoms with Crippen LogP contribution in [-0.4, -0.2) is 14.8 Å². The molecular weight excluding hydrogens is 256 g/mol. The van der Waals surface area contributed by atoms with Crippen molar-refractivity contribution in [3.8, 4) is 10.7 Å². The van der Waals surface area contributed by atoms with E-state index in [4.69, 9.17) is 10.7 Å². The van der Waals surface area contributed by atoms with E-state index in [1.54, 1.807) is 11.3 Å². The van der Waals surface area contributed by atoms with E-state index in [0.29, 0.717) is 5.92 Å². The van der Waals surface area contributed by atoms with Gasteiger partial charge in [-0.15, -0.1) is 11.3 Å². The topological polar surface area (TPSA) is 56.7 Å². The number of thiophene rings is 1. The minimum atomic E-state index is -0.311. The highest BCUT2D eigenvalue weighted by atomic mass is 32.1. The molecule has 102 valence electrons. The van der Waals surface area contributed by atoms with Crippen molar-refractivity contribution >= 4 is 11.3 Å². The molecule has 4 nitrogen and oxygen atoms in total. The Bertz CT molecular complexity index is 560. The summed E-state index contributed by atoms with van der Waals surface area (Å²) in [6.45, 7) is 2.28. The number of hydrogen-bond acceptors (Lipinski definition) is 4. The molecule has 1 aliphatic rings. The lowest BCUT2D eigenvalue weighted by Crippen LogP contribution is -2.43. The molecule has 0 saturated heterocycles. The molecule has 2 N–H and O–H groups in total. The van der Waals surface area contributed by atoms with Crippen molar-refractivity contribution in [1.82, 2.24) is 14.8 Å². The minimum absolute atomic E-state index is 0.311. The third kappa shape index (κ3) is 2.32. The SMILES string of the molecule is CC1CCCC(N)(c2nc(-c3cccs3)nn2C)C1. The fraction of sp³-hybridized carbons (Fsp3) is 0.571. The van der Waals surface area contributed by atoms with Gasteiger partial charge in [-0.2, -0.15) is 5.10 Å². The van der Waals surface area contributed by atoms with Crippen LogP contribution < -0.4 is 5.73 Å². The van der Waals surface area contributed by atoms with E-state index in [2.05, 4.69) is 18.1 Å². The highest BCUT2D eigenvalue weighted by Gasteiger charge is 2.37. The Hall–Kier alpha value is -1.20. The molecule has 0 aromatic carbocycles. The third-order valence-electron chi connectivity index (χ3n) is 3.98. The molecule has 1 saturated carbocycles. The van der Waals surface area contributed by atoms with Crippen LogP contribution in [0.15, 0.2) is 17.5 Å². The number of aryl methyl sites for hydroxylation is 1. The van der Waals surface area contributed by atoms with Crippen molar-refractivity contribution in [3.63, 3.8) is 0 Å². The van der Waals surface area contributed by atoms with E-state index >= 15 is 0 Å². The van der Waals surface area contributed by atoms with Crippen LogP contribution in [0.3, 0.4) is 0 Å². The van der Waals surface area contributed by atoms with Gasteiger partial charge in [0.15, 0.2) is 5.82 Å². The molecule has 2 aromatic heterocycles. The van der Waals surface area contributed by atoms with Gasteiger partial charge in [0.2, 0.25) is 0 Å². The second-order valence-corrected chi connectivity index (χ2v) is 6.67. The standard InChI is InChI=1S/C14H20N4S/c1-10-5-3-7-14(15,9-10)13-16-12(17-18(13)2)11-6-4-8-19-11/h4,6,8,10H,3,5,7,9,15H2,1-2H3. The van der Waals surface area contributed by atoms with Gasteiger partial charge in [0.25, 0.3) is 0 Å². The zero-order valence-corrected chi connectivity index (χ0v) is 12.3. The molecule has 0 radical (unpaired) electrons. The number of rotatable bonds is 2. The van der Waals surface area contributed by atoms with E-state index in [1.807, 2.05) is 23.2 Å². The van der Waals surface area contributed by atoms with Gasteiger partial charge in [-0.05, 0) is 30.2 Å². The number of aromatic nitrogens is 3. The van der Waals surface area contributed by atoms with Crippen LogP contribution in [0.25, 0.3) is 10.7 Å². The molecule has 0 amide bonds. The fourth-order valence-corrected chi connectivity index (χ4v) is 3.78. The van der Waals surface area contributed by atoms with E-state index in [1.165, 1.54) is 12.8 Å². The van der Waals surface area contributed by atoms with Crippen molar-refractivity contribution in [2.24, 2.45) is 18.7 Å². The van der Waals surface area contributed by atoms with Gasteiger partial charge in [0.05, 0.1) is 10.4 Å². The molecule has 0 bridgehead atoms. The smallest absolute Gasteiger partial charge is 0.191 e. The van der Waals surface area contributed by atoms with E-state index in [9.17, 15) is 0 Å². The van der Waals surface area contributed by atoms with Crippen molar-refractivity contribution in [2.75, 3.05) is 0 Å². The molecule has 0 spiro atoms. The number of nitrogens with zero attached hydrogens (tertiary/aromatic N) is 3. The molecule has 19 heavy (non-hydrogen) atoms. The summed E-state index contributed by atoms with van der Waals surface area (Å²) in [5, 5.41) is 6.58. The first-order valence-electron chi connectivity index (χ1n) is 6.83. The molecule has 3 rings (SSSR count). The first-order valence-corrected chi connectivity index (χ1v) is 7.71. The normalized spacial score (nSPS) is 27.6. The monoisotopic (exact) mass is 276 g/mol. The maximum absolute atomic E-state index is 6.62. The lowest BCUT2D eigenvalue weighted by molar-refractivity contribution is 0.222. The maximum atomic E-state index is 6.62. The fourth-order valence-electron chi connectivity index (χ4n) is 3.12. The molecule has 1 fully saturated rings. The summed E-state index contributed by atoms with van der Waals surface area (Å²) in [5.74, 6) is 2.40. The number of nitrogens with two attached hydrogens (primary N) is 1. The molecule has 0 aliphatic heterocycles. The second kappa shape index (κ2) is 4.72. The molecular formula is C14H20N4S. The quantitative estimate of drug-likeness (QED) is 0.917. The van der Waals surface area contributed by atoms with Crippen LogP contribution in [0, 0.1) is 5.92 Å². The average molecular weight is 276 g/mol. The molecule has 2 atom stereocenters. The first-order chi connectivity index (χ1) is 9.08. The lowest BCUT2D eigenvalue weighted by atomic mass is 9.76. The molecule has 2 aromatic rings. The predicted octanol–water partition coefficient (Wildman–Crippen LogP) is 2.91. The Morgan fingerprint density at radius 2 is 2.37 bits per heavy atom. The van der Waals surface area contributed by atoms with Gasteiger partial charge in [-0.1, -0.05) is 25.8 Å². The van der Waals surface area contributed by atoms with Gasteiger partial charge >= 0.3 is 0 Å². The summed E-state index contributed by atoms with van der Waals surface area (Å²) in [5.41, 5.74) is 6.31. The van der Waals surface area contributed by atoms with Crippen molar-refractivity contribution < 1.29 is 0 Å². The Morgan fingerprint density at radius 3 is 3.05 bits per heavy atom. The van der Waals surface area contributed by atoms with Crippen LogP contribution in [0.5, 0.6) is 0 Å². The average Bonchev–Trinajstić information content (AvgIpc) is 2.97. The van der Waals surface area contributed by atoms with Crippen molar-refractivity contribution in [2.45, 2.75) is 38.1 Å². The lowest BCUT2D eigenvalue weighted by Gasteiger charge is -2.35. The van der Waals surface area contributed by atoms with E-state index in [0.717, 1.165) is 29.4 Å². The zero-order chi connectivity index (χ0) is 13.5. The van der Waals surface area contributed by atoms with Crippen molar-refractivity contribution in [3.05, 3.63) is 23.3 Å². The van der Waals surface area contributed by atoms with Gasteiger partial charge in [0.1, 0.15) is 5.82 Å². The Kier molecular flexibility index (Phi) is 3.19. The zero-order valence-electron chi connectivity index (χ0n) is 11.5. The summed E-state index contributed by atoms with van der Waals surface area (Å²) < 4.78 is 1.87. The summed E-state index contributed by atoms with van der Waals surface area (Å²) in [4.78, 5) is 5.83. The van der Waals surface area contributed by atoms with Gasteiger partial charge in [-0.3, -0.25) is 4.68 Å². The molecule has 1 aliphatic carbocycles. The van der Waals surface area contributed by atoms with Gasteiger partial charge in [0, 0.05) is 7.05 Å². The molecule has 2 unspecified atom stereocenters. The minimum Gasteiger partial charge on any atom is -0.319 e. The van der Waals surface area contributed by atoms with Gasteiger partial charge in [-0.25, -0.2) is 4.98 Å². The highest BCUT2D eigenvalue weighted by molar-refractivity contribution is 7.13. The van der Waals surface area contributed by atoms with Crippen LogP contribution in [0.1, 0.15) is 38.4 Å². The van der Waals surface area contributed by atoms with Crippen LogP contribution in [0.2, 0.25) is 0 Å². The van der Waals surface area contributed by atoms with Crippen molar-refractivity contribution in [1.29, 1.82) is 0 Å². The maximum Gasteiger partial charge on any atom is 0.191 e. The summed E-state index contributed by atoms with van der Waals surface area (Å²) >= 11 is 1.67. The molecule has 5 heteroatoms.